The van der Waals surface area contributed by atoms with Gasteiger partial charge in [0.25, 0.3) is 0 Å². The van der Waals surface area contributed by atoms with Crippen molar-refractivity contribution in [1.82, 2.24) is 4.90 Å². The van der Waals surface area contributed by atoms with E-state index in [1.807, 2.05) is 0 Å². The van der Waals surface area contributed by atoms with E-state index in [1.165, 1.54) is 12.1 Å². The van der Waals surface area contributed by atoms with Gasteiger partial charge < -0.3 is 14.7 Å². The van der Waals surface area contributed by atoms with Gasteiger partial charge in [-0.1, -0.05) is 11.6 Å². The maximum absolute atomic E-state index is 13.1. The Hall–Kier alpha value is -1.64. The molecule has 1 heterocycles. The van der Waals surface area contributed by atoms with Crippen molar-refractivity contribution in [3.63, 3.8) is 0 Å². The Bertz CT molecular complexity index is 849. The van der Waals surface area contributed by atoms with Crippen LogP contribution in [0, 0.1) is 18.8 Å². The Labute approximate surface area is 163 Å². The topological polar surface area (TPSA) is 101 Å². The number of rotatable bonds is 4. The number of amides is 1. The molecule has 1 amide bonds. The fraction of sp³-hybridized carbons (Fsp3) is 0.556. The molecule has 2 aliphatic rings. The monoisotopic (exact) mass is 415 g/mol. The first kappa shape index (κ1) is 20.1. The molecule has 9 heteroatoms. The number of ether oxygens (including phenoxy) is 1. The Morgan fingerprint density at radius 3 is 2.41 bits per heavy atom. The summed E-state index contributed by atoms with van der Waals surface area (Å²) in [5.74, 6) is -3.27. The predicted octanol–water partition coefficient (Wildman–Crippen LogP) is 1.76. The minimum atomic E-state index is -3.77. The van der Waals surface area contributed by atoms with Gasteiger partial charge in [0.15, 0.2) is 9.84 Å². The molecule has 2 fully saturated rings. The van der Waals surface area contributed by atoms with E-state index in [-0.39, 0.29) is 23.6 Å². The second-order valence-electron chi connectivity index (χ2n) is 7.04. The van der Waals surface area contributed by atoms with Crippen LogP contribution in [0.15, 0.2) is 23.1 Å². The lowest BCUT2D eigenvalue weighted by molar-refractivity contribution is -0.150. The highest BCUT2D eigenvalue weighted by Crippen LogP contribution is 2.40. The number of hydrogen-bond donors (Lipinski definition) is 1. The lowest BCUT2D eigenvalue weighted by Gasteiger charge is -2.30. The second kappa shape index (κ2) is 7.77. The first-order valence-corrected chi connectivity index (χ1v) is 10.7. The molecule has 0 unspecified atom stereocenters. The highest BCUT2D eigenvalue weighted by Gasteiger charge is 2.49. The molecule has 1 aliphatic carbocycles. The van der Waals surface area contributed by atoms with Gasteiger partial charge in [0.1, 0.15) is 0 Å². The fourth-order valence-corrected chi connectivity index (χ4v) is 6.19. The average Bonchev–Trinajstić information content (AvgIpc) is 3.08. The Morgan fingerprint density at radius 1 is 1.19 bits per heavy atom. The van der Waals surface area contributed by atoms with Gasteiger partial charge in [-0.3, -0.25) is 9.59 Å². The minimum absolute atomic E-state index is 0.0115. The molecule has 148 valence electrons. The molecule has 3 rings (SSSR count). The van der Waals surface area contributed by atoms with Gasteiger partial charge in [0.05, 0.1) is 35.2 Å². The van der Waals surface area contributed by atoms with Crippen molar-refractivity contribution in [2.45, 2.75) is 29.9 Å². The zero-order chi connectivity index (χ0) is 19.8. The van der Waals surface area contributed by atoms with Crippen LogP contribution in [-0.4, -0.2) is 61.9 Å². The zero-order valence-electron chi connectivity index (χ0n) is 14.9. The Kier molecular flexibility index (Phi) is 5.79. The third-order valence-corrected chi connectivity index (χ3v) is 7.93. The van der Waals surface area contributed by atoms with Gasteiger partial charge in [-0.25, -0.2) is 8.42 Å². The summed E-state index contributed by atoms with van der Waals surface area (Å²) in [5, 5.41) is 9.09. The van der Waals surface area contributed by atoms with Gasteiger partial charge in [-0.05, 0) is 43.5 Å². The molecule has 0 radical (unpaired) electrons. The number of hydrogen-bond acceptors (Lipinski definition) is 5. The molecule has 1 aliphatic heterocycles. The lowest BCUT2D eigenvalue weighted by atomic mass is 9.94. The number of sulfone groups is 1. The summed E-state index contributed by atoms with van der Waals surface area (Å²) in [7, 11) is -3.77. The van der Waals surface area contributed by atoms with E-state index in [9.17, 15) is 23.1 Å². The number of nitrogens with zero attached hydrogens (tertiary/aromatic N) is 1. The van der Waals surface area contributed by atoms with Crippen LogP contribution in [0.25, 0.3) is 0 Å². The SMILES string of the molecule is Cc1cc(Cl)ccc1S(=O)(=O)[C@H]1C[C@@H](C(=O)O)[C@H](C(=O)N2CCOCC2)C1. The van der Waals surface area contributed by atoms with Crippen molar-refractivity contribution >= 4 is 33.3 Å². The van der Waals surface area contributed by atoms with E-state index in [2.05, 4.69) is 0 Å². The van der Waals surface area contributed by atoms with Crippen molar-refractivity contribution in [3.05, 3.63) is 28.8 Å². The van der Waals surface area contributed by atoms with Gasteiger partial charge in [0.2, 0.25) is 5.91 Å². The number of benzene rings is 1. The van der Waals surface area contributed by atoms with Gasteiger partial charge >= 0.3 is 5.97 Å². The molecular weight excluding hydrogens is 394 g/mol. The number of carboxylic acid groups (broad SMARTS) is 1. The summed E-state index contributed by atoms with van der Waals surface area (Å²) in [4.78, 5) is 26.3. The smallest absolute Gasteiger partial charge is 0.307 e. The molecule has 0 bridgehead atoms. The molecule has 1 N–H and O–H groups in total. The van der Waals surface area contributed by atoms with Crippen molar-refractivity contribution < 1.29 is 27.9 Å². The van der Waals surface area contributed by atoms with Crippen LogP contribution < -0.4 is 0 Å². The maximum Gasteiger partial charge on any atom is 0.307 e. The van der Waals surface area contributed by atoms with Gasteiger partial charge in [0, 0.05) is 18.1 Å². The number of aliphatic carboxylic acids is 1. The number of halogens is 1. The van der Waals surface area contributed by atoms with Crippen LogP contribution in [0.5, 0.6) is 0 Å². The number of morpholine rings is 1. The van der Waals surface area contributed by atoms with E-state index in [0.29, 0.717) is 36.9 Å². The quantitative estimate of drug-likeness (QED) is 0.804. The van der Waals surface area contributed by atoms with E-state index in [4.69, 9.17) is 16.3 Å². The summed E-state index contributed by atoms with van der Waals surface area (Å²) < 4.78 is 31.4. The molecule has 1 aromatic rings. The number of carbonyl (C=O) groups excluding carboxylic acids is 1. The summed E-state index contributed by atoms with van der Waals surface area (Å²) in [6.45, 7) is 3.26. The van der Waals surface area contributed by atoms with Crippen LogP contribution >= 0.6 is 11.6 Å². The van der Waals surface area contributed by atoms with Crippen LogP contribution in [0.4, 0.5) is 0 Å². The third-order valence-electron chi connectivity index (χ3n) is 5.36. The van der Waals surface area contributed by atoms with Crippen LogP contribution in [0.3, 0.4) is 0 Å². The standard InChI is InChI=1S/C18H22ClNO6S/c1-11-8-12(19)2-3-16(11)27(24,25)13-9-14(15(10-13)18(22)23)17(21)20-4-6-26-7-5-20/h2-3,8,13-15H,4-7,9-10H2,1H3,(H,22,23)/t13-,14-,15-/m1/s1. The van der Waals surface area contributed by atoms with Gasteiger partial charge in [-0.2, -0.15) is 0 Å². The average molecular weight is 416 g/mol. The van der Waals surface area contributed by atoms with Crippen molar-refractivity contribution in [1.29, 1.82) is 0 Å². The van der Waals surface area contributed by atoms with Gasteiger partial charge in [-0.15, -0.1) is 0 Å². The normalized spacial score (nSPS) is 26.1. The fourth-order valence-electron chi connectivity index (χ4n) is 3.92. The third kappa shape index (κ3) is 3.97. The Morgan fingerprint density at radius 2 is 1.81 bits per heavy atom. The summed E-state index contributed by atoms with van der Waals surface area (Å²) in [5.41, 5.74) is 0.511. The molecule has 0 aromatic heterocycles. The highest BCUT2D eigenvalue weighted by atomic mass is 35.5. The summed E-state index contributed by atoms with van der Waals surface area (Å²) in [6, 6.07) is 4.51. The van der Waals surface area contributed by atoms with Crippen molar-refractivity contribution in [2.75, 3.05) is 26.3 Å². The minimum Gasteiger partial charge on any atom is -0.481 e. The maximum atomic E-state index is 13.1. The van der Waals surface area contributed by atoms with E-state index >= 15 is 0 Å². The first-order chi connectivity index (χ1) is 12.7. The Balaban J connectivity index is 1.87. The molecule has 1 aromatic carbocycles. The first-order valence-electron chi connectivity index (χ1n) is 8.81. The summed E-state index contributed by atoms with van der Waals surface area (Å²) >= 11 is 5.91. The predicted molar refractivity (Wildman–Crippen MR) is 98.4 cm³/mol. The molecular formula is C18H22ClNO6S. The van der Waals surface area contributed by atoms with E-state index in [1.54, 1.807) is 17.9 Å². The van der Waals surface area contributed by atoms with Crippen molar-refractivity contribution in [3.8, 4) is 0 Å². The highest BCUT2D eigenvalue weighted by molar-refractivity contribution is 7.92. The van der Waals surface area contributed by atoms with Crippen LogP contribution in [0.2, 0.25) is 5.02 Å². The molecule has 0 spiro atoms. The lowest BCUT2D eigenvalue weighted by Crippen LogP contribution is -2.45. The molecule has 7 nitrogen and oxygen atoms in total. The van der Waals surface area contributed by atoms with E-state index in [0.717, 1.165) is 0 Å². The van der Waals surface area contributed by atoms with Crippen molar-refractivity contribution in [2.24, 2.45) is 11.8 Å². The zero-order valence-corrected chi connectivity index (χ0v) is 16.5. The van der Waals surface area contributed by atoms with Crippen LogP contribution in [0.1, 0.15) is 18.4 Å². The molecule has 1 saturated carbocycles. The van der Waals surface area contributed by atoms with E-state index < -0.39 is 32.9 Å². The second-order valence-corrected chi connectivity index (χ2v) is 9.67. The largest absolute Gasteiger partial charge is 0.481 e. The number of aryl methyl sites for hydroxylation is 1. The number of carboxylic acids is 1. The molecule has 1 saturated heterocycles. The molecule has 3 atom stereocenters. The number of carbonyl (C=O) groups is 2. The molecule has 27 heavy (non-hydrogen) atoms. The summed E-state index contributed by atoms with van der Waals surface area (Å²) in [6.07, 6.45) is -0.0575. The van der Waals surface area contributed by atoms with Crippen LogP contribution in [-0.2, 0) is 24.2 Å².